The molecule has 3 rings (SSSR count). The zero-order chi connectivity index (χ0) is 16.8. The molecule has 0 atom stereocenters. The molecule has 2 heterocycles. The van der Waals surface area contributed by atoms with Crippen LogP contribution in [0.15, 0.2) is 42.7 Å². The van der Waals surface area contributed by atoms with Crippen molar-refractivity contribution in [2.75, 3.05) is 24.6 Å². The van der Waals surface area contributed by atoms with Crippen LogP contribution in [0, 0.1) is 0 Å². The summed E-state index contributed by atoms with van der Waals surface area (Å²) in [6.07, 6.45) is 5.13. The van der Waals surface area contributed by atoms with Gasteiger partial charge in [-0.15, -0.1) is 0 Å². The minimum absolute atomic E-state index is 0.335. The number of para-hydroxylation sites is 1. The van der Waals surface area contributed by atoms with Gasteiger partial charge in [0.25, 0.3) is 0 Å². The molecule has 0 spiro atoms. The van der Waals surface area contributed by atoms with Crippen molar-refractivity contribution in [2.45, 2.75) is 25.8 Å². The predicted molar refractivity (Wildman–Crippen MR) is 92.5 cm³/mol. The standard InChI is InChI=1S/C18H22N4O2/c1-2-24-17(23)14-12-20-18(21-13-14)22(15-6-4-3-5-7-15)16-8-10-19-11-9-16/h3-7,12-13,16,19H,2,8-11H2,1H3. The Hall–Kier alpha value is -2.47. The maximum Gasteiger partial charge on any atom is 0.341 e. The third-order valence-corrected chi connectivity index (χ3v) is 4.07. The fourth-order valence-electron chi connectivity index (χ4n) is 2.91. The molecule has 24 heavy (non-hydrogen) atoms. The van der Waals surface area contributed by atoms with Gasteiger partial charge < -0.3 is 15.0 Å². The number of hydrogen-bond donors (Lipinski definition) is 1. The van der Waals surface area contributed by atoms with Gasteiger partial charge in [0, 0.05) is 24.1 Å². The summed E-state index contributed by atoms with van der Waals surface area (Å²) in [6, 6.07) is 10.5. The van der Waals surface area contributed by atoms with Gasteiger partial charge in [-0.3, -0.25) is 0 Å². The monoisotopic (exact) mass is 326 g/mol. The topological polar surface area (TPSA) is 67.3 Å². The minimum atomic E-state index is -0.392. The number of rotatable bonds is 5. The summed E-state index contributed by atoms with van der Waals surface area (Å²) in [6.45, 7) is 4.08. The average molecular weight is 326 g/mol. The van der Waals surface area contributed by atoms with Crippen molar-refractivity contribution < 1.29 is 9.53 Å². The Labute approximate surface area is 141 Å². The van der Waals surface area contributed by atoms with E-state index in [9.17, 15) is 4.79 Å². The maximum atomic E-state index is 11.8. The van der Waals surface area contributed by atoms with Gasteiger partial charge in [-0.25, -0.2) is 14.8 Å². The number of nitrogens with zero attached hydrogens (tertiary/aromatic N) is 3. The van der Waals surface area contributed by atoms with E-state index in [2.05, 4.69) is 32.3 Å². The van der Waals surface area contributed by atoms with Crippen molar-refractivity contribution in [2.24, 2.45) is 0 Å². The summed E-state index contributed by atoms with van der Waals surface area (Å²) in [5, 5.41) is 3.38. The molecule has 1 N–H and O–H groups in total. The first-order valence-electron chi connectivity index (χ1n) is 8.33. The van der Waals surface area contributed by atoms with Gasteiger partial charge in [0.15, 0.2) is 0 Å². The molecule has 0 aliphatic carbocycles. The van der Waals surface area contributed by atoms with Crippen LogP contribution in [0.2, 0.25) is 0 Å². The highest BCUT2D eigenvalue weighted by molar-refractivity contribution is 5.88. The van der Waals surface area contributed by atoms with Crippen molar-refractivity contribution in [1.29, 1.82) is 0 Å². The molecule has 0 radical (unpaired) electrons. The molecule has 1 fully saturated rings. The number of hydrogen-bond acceptors (Lipinski definition) is 6. The molecular formula is C18H22N4O2. The van der Waals surface area contributed by atoms with Crippen LogP contribution in [-0.4, -0.2) is 41.7 Å². The first kappa shape index (κ1) is 16.4. The van der Waals surface area contributed by atoms with Gasteiger partial charge in [0.2, 0.25) is 5.95 Å². The summed E-state index contributed by atoms with van der Waals surface area (Å²) in [5.74, 6) is 0.221. The van der Waals surface area contributed by atoms with Crippen molar-refractivity contribution >= 4 is 17.6 Å². The molecule has 0 amide bonds. The van der Waals surface area contributed by atoms with E-state index in [0.717, 1.165) is 31.6 Å². The summed E-state index contributed by atoms with van der Waals surface area (Å²) in [7, 11) is 0. The van der Waals surface area contributed by atoms with E-state index in [-0.39, 0.29) is 0 Å². The van der Waals surface area contributed by atoms with Crippen LogP contribution < -0.4 is 10.2 Å². The smallest absolute Gasteiger partial charge is 0.341 e. The SMILES string of the molecule is CCOC(=O)c1cnc(N(c2ccccc2)C2CCNCC2)nc1. The quantitative estimate of drug-likeness (QED) is 0.852. The molecule has 0 unspecified atom stereocenters. The average Bonchev–Trinajstić information content (AvgIpc) is 2.64. The second-order valence-corrected chi connectivity index (χ2v) is 5.68. The van der Waals surface area contributed by atoms with Crippen molar-refractivity contribution in [3.05, 3.63) is 48.3 Å². The number of anilines is 2. The normalized spacial score (nSPS) is 15.0. The molecule has 0 bridgehead atoms. The van der Waals surface area contributed by atoms with Crippen LogP contribution in [0.5, 0.6) is 0 Å². The van der Waals surface area contributed by atoms with E-state index < -0.39 is 5.97 Å². The zero-order valence-corrected chi connectivity index (χ0v) is 13.8. The third kappa shape index (κ3) is 3.71. The number of nitrogens with one attached hydrogen (secondary N) is 1. The largest absolute Gasteiger partial charge is 0.462 e. The Balaban J connectivity index is 1.89. The van der Waals surface area contributed by atoms with Gasteiger partial charge in [0.05, 0.1) is 12.2 Å². The number of carbonyl (C=O) groups is 1. The minimum Gasteiger partial charge on any atom is -0.462 e. The van der Waals surface area contributed by atoms with E-state index in [1.807, 2.05) is 18.2 Å². The Kier molecular flexibility index (Phi) is 5.38. The zero-order valence-electron chi connectivity index (χ0n) is 13.8. The van der Waals surface area contributed by atoms with Gasteiger partial charge in [-0.05, 0) is 45.0 Å². The lowest BCUT2D eigenvalue weighted by molar-refractivity contribution is 0.0525. The molecule has 1 saturated heterocycles. The fourth-order valence-corrected chi connectivity index (χ4v) is 2.91. The molecule has 1 aliphatic heterocycles. The molecule has 1 aliphatic rings. The second kappa shape index (κ2) is 7.88. The Morgan fingerprint density at radius 3 is 2.50 bits per heavy atom. The Morgan fingerprint density at radius 2 is 1.88 bits per heavy atom. The summed E-state index contributed by atoms with van der Waals surface area (Å²) < 4.78 is 4.99. The molecule has 126 valence electrons. The first-order valence-corrected chi connectivity index (χ1v) is 8.33. The van der Waals surface area contributed by atoms with Crippen molar-refractivity contribution in [1.82, 2.24) is 15.3 Å². The lowest BCUT2D eigenvalue weighted by atomic mass is 10.0. The molecule has 6 heteroatoms. The van der Waals surface area contributed by atoms with Crippen LogP contribution in [0.4, 0.5) is 11.6 Å². The number of carbonyl (C=O) groups excluding carboxylic acids is 1. The third-order valence-electron chi connectivity index (χ3n) is 4.07. The van der Waals surface area contributed by atoms with Crippen LogP contribution in [-0.2, 0) is 4.74 Å². The lowest BCUT2D eigenvalue weighted by Crippen LogP contribution is -2.41. The van der Waals surface area contributed by atoms with Crippen LogP contribution >= 0.6 is 0 Å². The van der Waals surface area contributed by atoms with Gasteiger partial charge >= 0.3 is 5.97 Å². The molecular weight excluding hydrogens is 304 g/mol. The number of benzene rings is 1. The van der Waals surface area contributed by atoms with Crippen molar-refractivity contribution in [3.8, 4) is 0 Å². The molecule has 1 aromatic heterocycles. The highest BCUT2D eigenvalue weighted by atomic mass is 16.5. The molecule has 2 aromatic rings. The molecule has 0 saturated carbocycles. The van der Waals surface area contributed by atoms with Gasteiger partial charge in [-0.2, -0.15) is 0 Å². The number of aromatic nitrogens is 2. The molecule has 6 nitrogen and oxygen atoms in total. The lowest BCUT2D eigenvalue weighted by Gasteiger charge is -2.34. The Morgan fingerprint density at radius 1 is 1.21 bits per heavy atom. The van der Waals surface area contributed by atoms with Gasteiger partial charge in [0.1, 0.15) is 0 Å². The van der Waals surface area contributed by atoms with E-state index >= 15 is 0 Å². The van der Waals surface area contributed by atoms with Crippen molar-refractivity contribution in [3.63, 3.8) is 0 Å². The number of ether oxygens (including phenoxy) is 1. The highest BCUT2D eigenvalue weighted by Gasteiger charge is 2.25. The van der Waals surface area contributed by atoms with Crippen LogP contribution in [0.25, 0.3) is 0 Å². The van der Waals surface area contributed by atoms with E-state index in [0.29, 0.717) is 24.2 Å². The Bertz CT molecular complexity index is 654. The predicted octanol–water partition coefficient (Wildman–Crippen LogP) is 2.54. The second-order valence-electron chi connectivity index (χ2n) is 5.68. The van der Waals surface area contributed by atoms with E-state index in [1.54, 1.807) is 6.92 Å². The summed E-state index contributed by atoms with van der Waals surface area (Å²) in [4.78, 5) is 22.8. The summed E-state index contributed by atoms with van der Waals surface area (Å²) >= 11 is 0. The first-order chi connectivity index (χ1) is 11.8. The fraction of sp³-hybridized carbons (Fsp3) is 0.389. The van der Waals surface area contributed by atoms with E-state index in [1.165, 1.54) is 12.4 Å². The van der Waals surface area contributed by atoms with Gasteiger partial charge in [-0.1, -0.05) is 18.2 Å². The van der Waals surface area contributed by atoms with E-state index in [4.69, 9.17) is 4.74 Å². The maximum absolute atomic E-state index is 11.8. The number of piperidine rings is 1. The molecule has 1 aromatic carbocycles. The van der Waals surface area contributed by atoms with Crippen LogP contribution in [0.1, 0.15) is 30.1 Å². The summed E-state index contributed by atoms with van der Waals surface area (Å²) in [5.41, 5.74) is 1.44. The highest BCUT2D eigenvalue weighted by Crippen LogP contribution is 2.28. The van der Waals surface area contributed by atoms with Crippen LogP contribution in [0.3, 0.4) is 0 Å². The number of esters is 1.